The van der Waals surface area contributed by atoms with Gasteiger partial charge in [0.15, 0.2) is 0 Å². The molecule has 7 heteroatoms. The molecule has 0 atom stereocenters. The zero-order chi connectivity index (χ0) is 11.8. The zero-order valence-corrected chi connectivity index (χ0v) is 8.23. The van der Waals surface area contributed by atoms with Gasteiger partial charge in [-0.25, -0.2) is 14.6 Å². The van der Waals surface area contributed by atoms with Crippen molar-refractivity contribution in [2.24, 2.45) is 0 Å². The third-order valence-electron chi connectivity index (χ3n) is 1.86. The Balaban J connectivity index is 2.44. The van der Waals surface area contributed by atoms with Gasteiger partial charge in [-0.2, -0.15) is 18.3 Å². The van der Waals surface area contributed by atoms with Crippen molar-refractivity contribution in [2.75, 3.05) is 0 Å². The van der Waals surface area contributed by atoms with Crippen molar-refractivity contribution >= 4 is 0 Å². The molecule has 0 N–H and O–H groups in total. The van der Waals surface area contributed by atoms with Gasteiger partial charge in [0, 0.05) is 12.4 Å². The molecule has 2 heterocycles. The molecule has 0 radical (unpaired) electrons. The van der Waals surface area contributed by atoms with Crippen LogP contribution in [0.4, 0.5) is 13.2 Å². The molecule has 0 bridgehead atoms. The lowest BCUT2D eigenvalue weighted by Gasteiger charge is -2.06. The zero-order valence-electron chi connectivity index (χ0n) is 8.23. The fraction of sp³-hybridized carbons (Fsp3) is 0.222. The first-order chi connectivity index (χ1) is 7.47. The van der Waals surface area contributed by atoms with Crippen LogP contribution in [0, 0.1) is 6.92 Å². The van der Waals surface area contributed by atoms with E-state index in [1.54, 1.807) is 13.0 Å². The summed E-state index contributed by atoms with van der Waals surface area (Å²) in [7, 11) is 0. The van der Waals surface area contributed by atoms with Gasteiger partial charge in [-0.3, -0.25) is 0 Å². The number of aryl methyl sites for hydroxylation is 1. The molecule has 0 aliphatic rings. The lowest BCUT2D eigenvalue weighted by atomic mass is 10.4. The topological polar surface area (TPSA) is 43.6 Å². The van der Waals surface area contributed by atoms with Gasteiger partial charge in [-0.1, -0.05) is 0 Å². The second-order valence-electron chi connectivity index (χ2n) is 3.14. The number of hydrogen-bond acceptors (Lipinski definition) is 3. The van der Waals surface area contributed by atoms with E-state index in [2.05, 4.69) is 15.1 Å². The molecule has 4 nitrogen and oxygen atoms in total. The Morgan fingerprint density at radius 1 is 1.25 bits per heavy atom. The maximum atomic E-state index is 12.4. The SMILES string of the molecule is Cc1ccn(-c2nccc(C(F)(F)F)n2)n1. The molecule has 2 aromatic rings. The third-order valence-corrected chi connectivity index (χ3v) is 1.86. The number of nitrogens with zero attached hydrogens (tertiary/aromatic N) is 4. The first-order valence-corrected chi connectivity index (χ1v) is 4.40. The Morgan fingerprint density at radius 2 is 2.00 bits per heavy atom. The van der Waals surface area contributed by atoms with Crippen LogP contribution < -0.4 is 0 Å². The summed E-state index contributed by atoms with van der Waals surface area (Å²) >= 11 is 0. The molecule has 0 amide bonds. The molecule has 84 valence electrons. The second-order valence-corrected chi connectivity index (χ2v) is 3.14. The molecule has 0 aliphatic carbocycles. The molecule has 0 saturated heterocycles. The van der Waals surface area contributed by atoms with Crippen molar-refractivity contribution < 1.29 is 13.2 Å². The highest BCUT2D eigenvalue weighted by Crippen LogP contribution is 2.27. The molecule has 0 aromatic carbocycles. The van der Waals surface area contributed by atoms with E-state index in [4.69, 9.17) is 0 Å². The molecule has 0 spiro atoms. The van der Waals surface area contributed by atoms with Crippen LogP contribution in [0.25, 0.3) is 5.95 Å². The van der Waals surface area contributed by atoms with Crippen LogP contribution >= 0.6 is 0 Å². The fourth-order valence-corrected chi connectivity index (χ4v) is 1.14. The number of hydrogen-bond donors (Lipinski definition) is 0. The normalized spacial score (nSPS) is 11.8. The lowest BCUT2D eigenvalue weighted by molar-refractivity contribution is -0.141. The van der Waals surface area contributed by atoms with Gasteiger partial charge in [-0.05, 0) is 19.1 Å². The molecule has 16 heavy (non-hydrogen) atoms. The van der Waals surface area contributed by atoms with Crippen molar-refractivity contribution in [1.82, 2.24) is 19.7 Å². The molecular formula is C9H7F3N4. The van der Waals surface area contributed by atoms with Gasteiger partial charge in [0.2, 0.25) is 0 Å². The summed E-state index contributed by atoms with van der Waals surface area (Å²) in [6, 6.07) is 2.48. The summed E-state index contributed by atoms with van der Waals surface area (Å²) < 4.78 is 38.3. The van der Waals surface area contributed by atoms with E-state index >= 15 is 0 Å². The average Bonchev–Trinajstić information content (AvgIpc) is 2.64. The minimum absolute atomic E-state index is 0.0945. The summed E-state index contributed by atoms with van der Waals surface area (Å²) in [6.45, 7) is 1.73. The maximum Gasteiger partial charge on any atom is 0.433 e. The molecule has 0 saturated carbocycles. The highest BCUT2D eigenvalue weighted by Gasteiger charge is 2.32. The lowest BCUT2D eigenvalue weighted by Crippen LogP contribution is -2.11. The van der Waals surface area contributed by atoms with E-state index in [9.17, 15) is 13.2 Å². The molecule has 2 aromatic heterocycles. The molecule has 0 unspecified atom stereocenters. The van der Waals surface area contributed by atoms with Crippen molar-refractivity contribution in [3.8, 4) is 5.95 Å². The minimum Gasteiger partial charge on any atom is -0.220 e. The van der Waals surface area contributed by atoms with Gasteiger partial charge >= 0.3 is 6.18 Å². The van der Waals surface area contributed by atoms with Gasteiger partial charge in [0.25, 0.3) is 5.95 Å². The van der Waals surface area contributed by atoms with E-state index in [0.717, 1.165) is 12.3 Å². The Hall–Kier alpha value is -1.92. The van der Waals surface area contributed by atoms with Crippen LogP contribution in [0.5, 0.6) is 0 Å². The predicted molar refractivity (Wildman–Crippen MR) is 48.9 cm³/mol. The van der Waals surface area contributed by atoms with E-state index < -0.39 is 11.9 Å². The molecule has 0 fully saturated rings. The van der Waals surface area contributed by atoms with Crippen LogP contribution in [0.15, 0.2) is 24.5 Å². The first kappa shape index (κ1) is 10.6. The highest BCUT2D eigenvalue weighted by molar-refractivity contribution is 5.16. The van der Waals surface area contributed by atoms with Gasteiger partial charge in [0.05, 0.1) is 5.69 Å². The van der Waals surface area contributed by atoms with Gasteiger partial charge in [0.1, 0.15) is 5.69 Å². The van der Waals surface area contributed by atoms with Crippen molar-refractivity contribution in [2.45, 2.75) is 13.1 Å². The van der Waals surface area contributed by atoms with Gasteiger partial charge < -0.3 is 0 Å². The average molecular weight is 228 g/mol. The largest absolute Gasteiger partial charge is 0.433 e. The molecular weight excluding hydrogens is 221 g/mol. The number of halogens is 3. The molecule has 0 aliphatic heterocycles. The van der Waals surface area contributed by atoms with Crippen molar-refractivity contribution in [1.29, 1.82) is 0 Å². The number of rotatable bonds is 1. The third kappa shape index (κ3) is 2.02. The Morgan fingerprint density at radius 3 is 2.56 bits per heavy atom. The maximum absolute atomic E-state index is 12.4. The smallest absolute Gasteiger partial charge is 0.220 e. The Kier molecular flexibility index (Phi) is 2.37. The highest BCUT2D eigenvalue weighted by atomic mass is 19.4. The quantitative estimate of drug-likeness (QED) is 0.749. The summed E-state index contributed by atoms with van der Waals surface area (Å²) in [4.78, 5) is 7.12. The van der Waals surface area contributed by atoms with Crippen LogP contribution in [-0.2, 0) is 6.18 Å². The van der Waals surface area contributed by atoms with Gasteiger partial charge in [-0.15, -0.1) is 0 Å². The van der Waals surface area contributed by atoms with Crippen LogP contribution in [-0.4, -0.2) is 19.7 Å². The van der Waals surface area contributed by atoms with E-state index in [1.165, 1.54) is 10.9 Å². The van der Waals surface area contributed by atoms with Crippen LogP contribution in [0.2, 0.25) is 0 Å². The standard InChI is InChI=1S/C9H7F3N4/c1-6-3-5-16(15-6)8-13-4-2-7(14-8)9(10,11)12/h2-5H,1H3. The Bertz CT molecular complexity index is 503. The van der Waals surface area contributed by atoms with Crippen LogP contribution in [0.1, 0.15) is 11.4 Å². The summed E-state index contributed by atoms with van der Waals surface area (Å²) in [6.07, 6.45) is -1.91. The van der Waals surface area contributed by atoms with Crippen LogP contribution in [0.3, 0.4) is 0 Å². The Labute approximate surface area is 88.8 Å². The number of aromatic nitrogens is 4. The second kappa shape index (κ2) is 3.58. The number of alkyl halides is 3. The molecule has 2 rings (SSSR count). The van der Waals surface area contributed by atoms with Crippen molar-refractivity contribution in [3.63, 3.8) is 0 Å². The minimum atomic E-state index is -4.47. The fourth-order valence-electron chi connectivity index (χ4n) is 1.14. The summed E-state index contributed by atoms with van der Waals surface area (Å²) in [5, 5.41) is 3.93. The van der Waals surface area contributed by atoms with E-state index in [1.807, 2.05) is 0 Å². The monoisotopic (exact) mass is 228 g/mol. The van der Waals surface area contributed by atoms with E-state index in [-0.39, 0.29) is 5.95 Å². The summed E-state index contributed by atoms with van der Waals surface area (Å²) in [5.41, 5.74) is -0.299. The van der Waals surface area contributed by atoms with Crippen molar-refractivity contribution in [3.05, 3.63) is 35.9 Å². The van der Waals surface area contributed by atoms with E-state index in [0.29, 0.717) is 5.69 Å². The first-order valence-electron chi connectivity index (χ1n) is 4.40. The predicted octanol–water partition coefficient (Wildman–Crippen LogP) is 1.99. The summed E-state index contributed by atoms with van der Waals surface area (Å²) in [5.74, 6) is -0.0945.